The Kier molecular flexibility index (Phi) is 6.05. The number of morpholine rings is 1. The molecule has 11 heteroatoms. The summed E-state index contributed by atoms with van der Waals surface area (Å²) in [6.07, 6.45) is 1.92. The van der Waals surface area contributed by atoms with E-state index >= 15 is 0 Å². The normalized spacial score (nSPS) is 18.5. The summed E-state index contributed by atoms with van der Waals surface area (Å²) in [6, 6.07) is 12.9. The first-order valence-corrected chi connectivity index (χ1v) is 12.6. The van der Waals surface area contributed by atoms with Gasteiger partial charge in [0.15, 0.2) is 0 Å². The molecular weight excluding hydrogens is 494 g/mol. The maximum Gasteiger partial charge on any atom is 0.322 e. The molecule has 1 atom stereocenters. The number of nitrogens with one attached hydrogen (secondary N) is 1. The van der Waals surface area contributed by atoms with Gasteiger partial charge in [0.1, 0.15) is 11.7 Å². The van der Waals surface area contributed by atoms with E-state index < -0.39 is 5.91 Å². The van der Waals surface area contributed by atoms with Gasteiger partial charge in [-0.1, -0.05) is 29.8 Å². The van der Waals surface area contributed by atoms with Crippen LogP contribution in [0.1, 0.15) is 27.7 Å². The number of benzene rings is 2. The third kappa shape index (κ3) is 4.65. The molecule has 4 heterocycles. The minimum atomic E-state index is -0.591. The van der Waals surface area contributed by atoms with Crippen molar-refractivity contribution in [2.24, 2.45) is 10.7 Å². The van der Waals surface area contributed by atoms with Crippen LogP contribution < -0.4 is 16.0 Å². The number of aliphatic imine (C=N–C) groups is 1. The van der Waals surface area contributed by atoms with Crippen LogP contribution in [0.3, 0.4) is 0 Å². The maximum absolute atomic E-state index is 13.3. The SMILES string of the molecule is NC(=O)c1c(-c2cccc(Cl)c2)nn2c1CN(C(=O)Nc1ccc(C3C=N3)c(N3CCOCC3)c1)CC2. The summed E-state index contributed by atoms with van der Waals surface area (Å²) in [7, 11) is 0. The third-order valence-corrected chi connectivity index (χ3v) is 7.10. The Hall–Kier alpha value is -3.89. The van der Waals surface area contributed by atoms with Crippen molar-refractivity contribution >= 4 is 41.1 Å². The van der Waals surface area contributed by atoms with Crippen LogP contribution in [0.25, 0.3) is 11.3 Å². The lowest BCUT2D eigenvalue weighted by molar-refractivity contribution is 0.0997. The molecule has 3 N–H and O–H groups in total. The molecule has 2 aromatic carbocycles. The fourth-order valence-electron chi connectivity index (χ4n) is 4.94. The van der Waals surface area contributed by atoms with Crippen LogP contribution in [-0.2, 0) is 17.8 Å². The fraction of sp³-hybridized carbons (Fsp3) is 0.308. The van der Waals surface area contributed by atoms with Gasteiger partial charge in [0.25, 0.3) is 5.91 Å². The minimum Gasteiger partial charge on any atom is -0.378 e. The van der Waals surface area contributed by atoms with Crippen molar-refractivity contribution in [2.45, 2.75) is 19.1 Å². The topological polar surface area (TPSA) is 118 Å². The number of primary amides is 1. The van der Waals surface area contributed by atoms with E-state index in [2.05, 4.69) is 20.3 Å². The molecule has 3 aliphatic rings. The van der Waals surface area contributed by atoms with E-state index in [9.17, 15) is 9.59 Å². The van der Waals surface area contributed by atoms with E-state index in [0.29, 0.717) is 59.5 Å². The van der Waals surface area contributed by atoms with Gasteiger partial charge < -0.3 is 25.6 Å². The average molecular weight is 520 g/mol. The first-order chi connectivity index (χ1) is 18.0. The first-order valence-electron chi connectivity index (χ1n) is 12.2. The predicted molar refractivity (Wildman–Crippen MR) is 141 cm³/mol. The first kappa shape index (κ1) is 23.5. The summed E-state index contributed by atoms with van der Waals surface area (Å²) in [6.45, 7) is 4.02. The number of hydrogen-bond donors (Lipinski definition) is 2. The van der Waals surface area contributed by atoms with Crippen molar-refractivity contribution in [3.63, 3.8) is 0 Å². The standard InChI is InChI=1S/C26H26ClN7O3/c27-17-3-1-2-16(12-17)24-23(25(28)35)22-15-33(6-7-34(22)31-24)26(36)30-18-4-5-19(20-14-29-20)21(13-18)32-8-10-37-11-9-32/h1-5,12-14,20H,6-11,15H2,(H2,28,35)(H,30,36). The number of halogens is 1. The van der Waals surface area contributed by atoms with E-state index in [-0.39, 0.29) is 18.6 Å². The van der Waals surface area contributed by atoms with Gasteiger partial charge in [-0.05, 0) is 24.3 Å². The van der Waals surface area contributed by atoms with E-state index in [1.165, 1.54) is 0 Å². The second-order valence-electron chi connectivity index (χ2n) is 9.24. The van der Waals surface area contributed by atoms with E-state index in [1.807, 2.05) is 30.5 Å². The van der Waals surface area contributed by atoms with Crippen molar-refractivity contribution < 1.29 is 14.3 Å². The van der Waals surface area contributed by atoms with E-state index in [0.717, 1.165) is 24.3 Å². The zero-order valence-corrected chi connectivity index (χ0v) is 20.8. The van der Waals surface area contributed by atoms with Gasteiger partial charge in [0.05, 0.1) is 37.6 Å². The highest BCUT2D eigenvalue weighted by atomic mass is 35.5. The molecule has 0 radical (unpaired) electrons. The number of amides is 3. The number of anilines is 2. The van der Waals surface area contributed by atoms with Gasteiger partial charge in [0.2, 0.25) is 0 Å². The van der Waals surface area contributed by atoms with Crippen molar-refractivity contribution in [1.29, 1.82) is 0 Å². The van der Waals surface area contributed by atoms with E-state index in [1.54, 1.807) is 27.8 Å². The molecule has 10 nitrogen and oxygen atoms in total. The molecule has 3 aromatic rings. The van der Waals surface area contributed by atoms with Crippen molar-refractivity contribution in [3.8, 4) is 11.3 Å². The van der Waals surface area contributed by atoms with Gasteiger partial charge in [0, 0.05) is 53.4 Å². The van der Waals surface area contributed by atoms with Gasteiger partial charge in [-0.25, -0.2) is 4.79 Å². The fourth-order valence-corrected chi connectivity index (χ4v) is 5.13. The molecule has 0 saturated carbocycles. The van der Waals surface area contributed by atoms with Crippen LogP contribution in [0.4, 0.5) is 16.2 Å². The Bertz CT molecular complexity index is 1410. The lowest BCUT2D eigenvalue weighted by atomic mass is 10.0. The Morgan fingerprint density at radius 3 is 2.62 bits per heavy atom. The number of urea groups is 1. The monoisotopic (exact) mass is 519 g/mol. The van der Waals surface area contributed by atoms with Gasteiger partial charge in [-0.3, -0.25) is 14.5 Å². The van der Waals surface area contributed by atoms with Crippen LogP contribution in [-0.4, -0.2) is 65.7 Å². The number of ether oxygens (including phenoxy) is 1. The van der Waals surface area contributed by atoms with Gasteiger partial charge >= 0.3 is 6.03 Å². The number of carbonyl (C=O) groups is 2. The molecule has 37 heavy (non-hydrogen) atoms. The Morgan fingerprint density at radius 2 is 1.89 bits per heavy atom. The lowest BCUT2D eigenvalue weighted by Crippen LogP contribution is -2.41. The molecule has 1 saturated heterocycles. The van der Waals surface area contributed by atoms with Gasteiger partial charge in [-0.15, -0.1) is 0 Å². The number of hydrogen-bond acceptors (Lipinski definition) is 6. The summed E-state index contributed by atoms with van der Waals surface area (Å²) >= 11 is 6.16. The molecule has 1 unspecified atom stereocenters. The summed E-state index contributed by atoms with van der Waals surface area (Å²) in [4.78, 5) is 34.0. The molecule has 0 spiro atoms. The minimum absolute atomic E-state index is 0.103. The summed E-state index contributed by atoms with van der Waals surface area (Å²) < 4.78 is 7.26. The molecule has 1 fully saturated rings. The number of fused-ring (bicyclic) bond motifs is 1. The van der Waals surface area contributed by atoms with Crippen LogP contribution in [0.5, 0.6) is 0 Å². The third-order valence-electron chi connectivity index (χ3n) is 6.86. The van der Waals surface area contributed by atoms with E-state index in [4.69, 9.17) is 22.1 Å². The molecule has 0 bridgehead atoms. The predicted octanol–water partition coefficient (Wildman–Crippen LogP) is 3.31. The lowest BCUT2D eigenvalue weighted by Gasteiger charge is -2.31. The number of aromatic nitrogens is 2. The molecular formula is C26H26ClN7O3. The molecule has 0 aliphatic carbocycles. The number of rotatable bonds is 5. The molecule has 1 aromatic heterocycles. The molecule has 3 aliphatic heterocycles. The highest BCUT2D eigenvalue weighted by Crippen LogP contribution is 2.36. The van der Waals surface area contributed by atoms with Gasteiger partial charge in [-0.2, -0.15) is 5.10 Å². The highest BCUT2D eigenvalue weighted by Gasteiger charge is 2.30. The quantitative estimate of drug-likeness (QED) is 0.536. The molecule has 3 amide bonds. The largest absolute Gasteiger partial charge is 0.378 e. The van der Waals surface area contributed by atoms with Crippen molar-refractivity contribution in [1.82, 2.24) is 14.7 Å². The Balaban J connectivity index is 1.24. The Labute approximate surface area is 218 Å². The molecule has 6 rings (SSSR count). The molecule has 190 valence electrons. The maximum atomic E-state index is 13.3. The van der Waals surface area contributed by atoms with Crippen LogP contribution in [0.2, 0.25) is 5.02 Å². The highest BCUT2D eigenvalue weighted by molar-refractivity contribution is 6.30. The average Bonchev–Trinajstić information content (AvgIpc) is 3.68. The second kappa shape index (κ2) is 9.53. The summed E-state index contributed by atoms with van der Waals surface area (Å²) in [5.41, 5.74) is 10.7. The number of carbonyl (C=O) groups excluding carboxylic acids is 2. The zero-order chi connectivity index (χ0) is 25.5. The van der Waals surface area contributed by atoms with Crippen LogP contribution >= 0.6 is 11.6 Å². The second-order valence-corrected chi connectivity index (χ2v) is 9.67. The van der Waals surface area contributed by atoms with Crippen molar-refractivity contribution in [3.05, 3.63) is 64.3 Å². The smallest absolute Gasteiger partial charge is 0.322 e. The van der Waals surface area contributed by atoms with Crippen molar-refractivity contribution in [2.75, 3.05) is 43.1 Å². The number of nitrogens with zero attached hydrogens (tertiary/aromatic N) is 5. The Morgan fingerprint density at radius 1 is 1.08 bits per heavy atom. The number of nitrogens with two attached hydrogens (primary N) is 1. The zero-order valence-electron chi connectivity index (χ0n) is 20.1. The summed E-state index contributed by atoms with van der Waals surface area (Å²) in [5.74, 6) is -0.591. The van der Waals surface area contributed by atoms with Crippen LogP contribution in [0.15, 0.2) is 47.5 Å². The van der Waals surface area contributed by atoms with Crippen LogP contribution in [0, 0.1) is 0 Å². The summed E-state index contributed by atoms with van der Waals surface area (Å²) in [5, 5.41) is 8.19.